The summed E-state index contributed by atoms with van der Waals surface area (Å²) in [7, 11) is -5.53. The van der Waals surface area contributed by atoms with Gasteiger partial charge in [-0.3, -0.25) is 19.2 Å². The standard InChI is InChI=1S/C20H41NO2SSi.C16H30O2Si.C14H27NO2S.C12H20O.C12H18O.C10H16O2.C10H14O.C10H16O.C7H12O/c1-18(2,3)24(22)21-17-14-16(23-25(7,8)19(4,5)6)15-20(17)12-10-9-11-13-20;1-15(2,3)19(4,5)18-13-11-14(17)16(12-13)9-7-6-8-10-16;1-13(2,3)18(17)15-12-9-11(16)10-14(12)7-5-4-6-8-14;2*1-3-8-12(11(13)4-2)9-6-5-7-10-12;11-8-6-9(12)10(7-8)4-2-1-3-5-10;11-9-5-4-8-10(9)6-2-1-3-7-10;1-2-6-10(9-11)7-4-3-5-8-10;8-6-7-4-2-1-3-5-7/h16-17,21H,9-15H2,1-8H3;13H,6-12H2,1-5H3;11-12,15-16H,4-10H2,1-3H3;3-4,11,13H,1-2,5-10H2;3-4H,1-2,5-10H2;8,11H,1-7H2;4-5H,1-3,6-8H2;2,9H,1,3-8H2;6-7H,1-5H2/t16-,17+,24?;13-;11-,12+,18?;;;8-;;;/m000..0.../s1. The molecule has 14 aliphatic rings. The molecule has 14 rings (SSSR count). The summed E-state index contributed by atoms with van der Waals surface area (Å²) in [5, 5.41) is 29.8. The Morgan fingerprint density at radius 1 is 0.469 bits per heavy atom. The lowest BCUT2D eigenvalue weighted by molar-refractivity contribution is -0.128. The Labute approximate surface area is 801 Å². The second-order valence-corrected chi connectivity index (χ2v) is 61.9. The highest BCUT2D eigenvalue weighted by Crippen LogP contribution is 2.56. The summed E-state index contributed by atoms with van der Waals surface area (Å²) < 4.78 is 44.7. The van der Waals surface area contributed by atoms with Crippen LogP contribution in [-0.4, -0.2) is 128 Å². The molecule has 15 nitrogen and oxygen atoms in total. The van der Waals surface area contributed by atoms with Crippen molar-refractivity contribution < 1.29 is 61.4 Å². The van der Waals surface area contributed by atoms with Crippen molar-refractivity contribution in [3.8, 4) is 0 Å². The first-order valence-corrected chi connectivity index (χ1v) is 60.8. The van der Waals surface area contributed by atoms with Crippen molar-refractivity contribution in [2.75, 3.05) is 0 Å². The van der Waals surface area contributed by atoms with Crippen molar-refractivity contribution in [3.63, 3.8) is 0 Å². The van der Waals surface area contributed by atoms with E-state index < -0.39 is 38.6 Å². The van der Waals surface area contributed by atoms with E-state index in [0.29, 0.717) is 53.7 Å². The number of ketones is 4. The highest BCUT2D eigenvalue weighted by molar-refractivity contribution is 7.84. The molecule has 19 heteroatoms. The van der Waals surface area contributed by atoms with Gasteiger partial charge in [0.2, 0.25) is 0 Å². The zero-order chi connectivity index (χ0) is 96.6. The molecule has 0 amide bonds. The highest BCUT2D eigenvalue weighted by atomic mass is 32.2. The number of carbonyl (C=O) groups excluding carboxylic acids is 6. The topological polar surface area (TPSA) is 240 Å². The van der Waals surface area contributed by atoms with Gasteiger partial charge in [-0.2, -0.15) is 0 Å². The molecule has 0 radical (unpaired) electrons. The van der Waals surface area contributed by atoms with Crippen molar-refractivity contribution in [3.05, 3.63) is 75.4 Å². The molecular weight excluding hydrogens is 1690 g/mol. The number of rotatable bonds is 20. The summed E-state index contributed by atoms with van der Waals surface area (Å²) in [6, 6.07) is 0.565. The van der Waals surface area contributed by atoms with E-state index in [-0.39, 0.29) is 93.7 Å². The molecule has 130 heavy (non-hydrogen) atoms. The number of aliphatic hydroxyl groups is 3. The van der Waals surface area contributed by atoms with Crippen LogP contribution in [0.15, 0.2) is 75.4 Å². The van der Waals surface area contributed by atoms with Gasteiger partial charge in [-0.1, -0.05) is 252 Å². The molecule has 13 fully saturated rings. The number of hydrogen-bond donors (Lipinski definition) is 5. The minimum absolute atomic E-state index is 0.00524. The summed E-state index contributed by atoms with van der Waals surface area (Å²) in [5.74, 6) is 1.85. The number of nitrogens with one attached hydrogen (secondary N) is 2. The second-order valence-electron chi connectivity index (χ2n) is 48.4. The van der Waals surface area contributed by atoms with E-state index in [1.54, 1.807) is 12.2 Å². The Morgan fingerprint density at radius 3 is 1.23 bits per heavy atom. The third-order valence-corrected chi connectivity index (χ3v) is 46.7. The van der Waals surface area contributed by atoms with E-state index in [9.17, 15) is 52.5 Å². The molecule has 0 aromatic carbocycles. The van der Waals surface area contributed by atoms with Gasteiger partial charge in [0.15, 0.2) is 28.2 Å². The molecule has 5 spiro atoms. The van der Waals surface area contributed by atoms with Crippen LogP contribution in [0, 0.1) is 49.2 Å². The molecule has 5 N–H and O–H groups in total. The van der Waals surface area contributed by atoms with Crippen LogP contribution in [0.5, 0.6) is 0 Å². The first-order valence-electron chi connectivity index (χ1n) is 52.7. The summed E-state index contributed by atoms with van der Waals surface area (Å²) in [4.78, 5) is 68.2. The summed E-state index contributed by atoms with van der Waals surface area (Å²) >= 11 is 0. The number of allylic oxidation sites excluding steroid dienone is 6. The average molecular weight is 1890 g/mol. The molecule has 14 aliphatic carbocycles. The Balaban J connectivity index is 0.000000229. The van der Waals surface area contributed by atoms with E-state index in [0.717, 1.165) is 167 Å². The van der Waals surface area contributed by atoms with E-state index in [1.165, 1.54) is 205 Å². The Bertz CT molecular complexity index is 3570. The molecule has 746 valence electrons. The number of Topliss-reactive ketones (excluding diaryl/α,β-unsaturated/α-hetero) is 2. The molecule has 0 bridgehead atoms. The average Bonchev–Trinajstić information content (AvgIpc) is 1.62. The maximum atomic E-state index is 12.8. The van der Waals surface area contributed by atoms with Gasteiger partial charge in [0.25, 0.3) is 0 Å². The predicted octanol–water partition coefficient (Wildman–Crippen LogP) is 27.7. The van der Waals surface area contributed by atoms with Gasteiger partial charge in [0.1, 0.15) is 24.1 Å². The number of aliphatic hydroxyl groups excluding tert-OH is 3. The van der Waals surface area contributed by atoms with Gasteiger partial charge >= 0.3 is 0 Å². The number of aldehydes is 2. The second kappa shape index (κ2) is 52.8. The van der Waals surface area contributed by atoms with Crippen LogP contribution in [0.25, 0.3) is 0 Å². The monoisotopic (exact) mass is 1880 g/mol. The lowest BCUT2D eigenvalue weighted by atomic mass is 9.68. The van der Waals surface area contributed by atoms with Crippen molar-refractivity contribution in [1.82, 2.24) is 9.44 Å². The minimum Gasteiger partial charge on any atom is -0.414 e. The Morgan fingerprint density at radius 2 is 0.854 bits per heavy atom. The van der Waals surface area contributed by atoms with Gasteiger partial charge in [0.05, 0.1) is 55.9 Å². The third kappa shape index (κ3) is 33.6. The zero-order valence-corrected chi connectivity index (χ0v) is 89.5. The van der Waals surface area contributed by atoms with Crippen LogP contribution in [0.3, 0.4) is 0 Å². The highest BCUT2D eigenvalue weighted by Gasteiger charge is 2.55. The molecule has 3 unspecified atom stereocenters. The first-order chi connectivity index (χ1) is 61.1. The van der Waals surface area contributed by atoms with Crippen molar-refractivity contribution in [2.45, 2.75) is 537 Å². The lowest BCUT2D eigenvalue weighted by Gasteiger charge is -2.40. The Hall–Kier alpha value is -3.09. The van der Waals surface area contributed by atoms with Crippen LogP contribution in [-0.2, 0) is 59.6 Å². The van der Waals surface area contributed by atoms with Crippen molar-refractivity contribution in [1.29, 1.82) is 0 Å². The van der Waals surface area contributed by atoms with E-state index in [1.807, 2.05) is 45.1 Å². The molecule has 0 aromatic heterocycles. The van der Waals surface area contributed by atoms with Crippen molar-refractivity contribution in [2.24, 2.45) is 49.2 Å². The van der Waals surface area contributed by atoms with Crippen LogP contribution in [0.4, 0.5) is 0 Å². The van der Waals surface area contributed by atoms with Gasteiger partial charge in [-0.05, 0) is 281 Å². The maximum absolute atomic E-state index is 12.8. The summed E-state index contributed by atoms with van der Waals surface area (Å²) in [6.07, 6.45) is 79.0. The molecule has 0 heterocycles. The van der Waals surface area contributed by atoms with E-state index in [2.05, 4.69) is 131 Å². The van der Waals surface area contributed by atoms with Crippen molar-refractivity contribution >= 4 is 74.3 Å². The Kier molecular flexibility index (Phi) is 47.0. The molecule has 0 aromatic rings. The van der Waals surface area contributed by atoms with Crippen LogP contribution in [0.2, 0.25) is 36.3 Å². The fraction of sp³-hybridized carbons (Fsp3) is 0.838. The third-order valence-electron chi connectivity index (χ3n) is 34.4. The lowest BCUT2D eigenvalue weighted by Crippen LogP contribution is -2.47. The van der Waals surface area contributed by atoms with Crippen LogP contribution < -0.4 is 9.44 Å². The van der Waals surface area contributed by atoms with Gasteiger partial charge < -0.3 is 33.8 Å². The van der Waals surface area contributed by atoms with Gasteiger partial charge in [-0.15, -0.1) is 26.3 Å². The molecular formula is C111H194N2O13S2Si2. The van der Waals surface area contributed by atoms with E-state index in [4.69, 9.17) is 8.85 Å². The molecule has 13 saturated carbocycles. The normalized spacial score (nSPS) is 27.7. The molecule has 9 atom stereocenters. The minimum atomic E-state index is -1.76. The molecule has 0 aliphatic heterocycles. The smallest absolute Gasteiger partial charge is 0.192 e. The van der Waals surface area contributed by atoms with Crippen LogP contribution >= 0.6 is 0 Å². The number of hydrogen-bond acceptors (Lipinski definition) is 13. The van der Waals surface area contributed by atoms with Gasteiger partial charge in [-0.25, -0.2) is 17.9 Å². The zero-order valence-electron chi connectivity index (χ0n) is 85.9. The van der Waals surface area contributed by atoms with Gasteiger partial charge in [0, 0.05) is 69.4 Å². The largest absolute Gasteiger partial charge is 0.414 e. The van der Waals surface area contributed by atoms with E-state index >= 15 is 0 Å². The quantitative estimate of drug-likeness (QED) is 0.0330. The fourth-order valence-electron chi connectivity index (χ4n) is 24.1. The fourth-order valence-corrected chi connectivity index (χ4v) is 28.7. The van der Waals surface area contributed by atoms with Crippen LogP contribution in [0.1, 0.15) is 449 Å². The first kappa shape index (κ1) is 116. The summed E-state index contributed by atoms with van der Waals surface area (Å²) in [6.45, 7) is 53.7. The predicted molar refractivity (Wildman–Crippen MR) is 550 cm³/mol. The summed E-state index contributed by atoms with van der Waals surface area (Å²) in [5.41, 5.74) is 0.398. The molecule has 0 saturated heterocycles. The number of carbonyl (C=O) groups is 6. The maximum Gasteiger partial charge on any atom is 0.192 e. The SMILES string of the molecule is C=CCC1(C(=O)C=C)CCCCC1.C=CCC1(C(O)C=C)CCCCC1.C=CCC1(C=O)CCCCC1.CC(C)(C)S(=O)N[C@@H]1C[C@H](O)CC12CCCCC2.CC(C)(C)S(=O)N[C@@H]1C[C@H](O[Si](C)(C)C(C)(C)C)CC12CCCCC2.CC(C)(C)[Si](C)(C)O[C@H]1CC(=O)C2(CCCCC2)C1.O=C1C=CCC12CCCCC2.O=C1C[C@H](O)CC12CCCCC2.O=CC1CCCCC1.